The Morgan fingerprint density at radius 3 is 2.79 bits per heavy atom. The van der Waals surface area contributed by atoms with E-state index in [1.54, 1.807) is 18.2 Å². The Kier molecular flexibility index (Phi) is 6.38. The third-order valence-electron chi connectivity index (χ3n) is 4.64. The highest BCUT2D eigenvalue weighted by atomic mass is 35.5. The molecule has 0 aliphatic heterocycles. The number of aromatic nitrogens is 4. The third kappa shape index (κ3) is 5.02. The Hall–Kier alpha value is -4.16. The highest BCUT2D eigenvalue weighted by Crippen LogP contribution is 2.19. The molecule has 0 fully saturated rings. The largest absolute Gasteiger partial charge is 0.341 e. The number of carbonyl (C=O) groups is 1. The predicted octanol–water partition coefficient (Wildman–Crippen LogP) is 2.95. The van der Waals surface area contributed by atoms with Crippen molar-refractivity contribution in [2.45, 2.75) is 6.54 Å². The number of halogens is 3. The molecular formula is C23H14ClF2N5O2. The van der Waals surface area contributed by atoms with Gasteiger partial charge in [0.1, 0.15) is 17.0 Å². The minimum Gasteiger partial charge on any atom is -0.341 e. The van der Waals surface area contributed by atoms with Crippen molar-refractivity contribution in [2.24, 2.45) is 0 Å². The number of hydrogen-bond acceptors (Lipinski definition) is 5. The number of benzene rings is 2. The Balaban J connectivity index is 1.44. The first-order valence-corrected chi connectivity index (χ1v) is 9.96. The topological polar surface area (TPSA) is 89.8 Å². The molecule has 0 bridgehead atoms. The quantitative estimate of drug-likeness (QED) is 0.370. The molecule has 10 heteroatoms. The standard InChI is InChI=1S/C23H14ClF2N5O2/c24-21-16-8-14(4-6-20(16)29-12-30-21)2-1-7-28-22(32)17-10-27-13-31(23(17)33)11-15-3-5-18(25)19(26)9-15/h3-6,8-10,12-13H,7,11H2,(H,28,32). The molecule has 1 N–H and O–H groups in total. The van der Waals surface area contributed by atoms with Crippen LogP contribution in [0, 0.1) is 23.5 Å². The average Bonchev–Trinajstić information content (AvgIpc) is 2.81. The Bertz CT molecular complexity index is 1490. The zero-order chi connectivity index (χ0) is 23.4. The second kappa shape index (κ2) is 9.54. The van der Waals surface area contributed by atoms with Crippen LogP contribution in [0.15, 0.2) is 60.0 Å². The first-order valence-electron chi connectivity index (χ1n) is 9.58. The van der Waals surface area contributed by atoms with Gasteiger partial charge in [-0.05, 0) is 35.9 Å². The molecule has 0 radical (unpaired) electrons. The molecule has 2 aromatic heterocycles. The number of nitrogens with one attached hydrogen (secondary N) is 1. The molecule has 2 heterocycles. The van der Waals surface area contributed by atoms with Crippen molar-refractivity contribution < 1.29 is 13.6 Å². The van der Waals surface area contributed by atoms with Crippen molar-refractivity contribution in [3.8, 4) is 11.8 Å². The SMILES string of the molecule is O=C(NCC#Cc1ccc2ncnc(Cl)c2c1)c1cncn(Cc2ccc(F)c(F)c2)c1=O. The molecule has 7 nitrogen and oxygen atoms in total. The van der Waals surface area contributed by atoms with Gasteiger partial charge in [0.2, 0.25) is 0 Å². The van der Waals surface area contributed by atoms with E-state index in [1.807, 2.05) is 0 Å². The average molecular weight is 466 g/mol. The lowest BCUT2D eigenvalue weighted by Crippen LogP contribution is -2.33. The maximum absolute atomic E-state index is 13.4. The van der Waals surface area contributed by atoms with E-state index >= 15 is 0 Å². The van der Waals surface area contributed by atoms with Crippen molar-refractivity contribution in [2.75, 3.05) is 6.54 Å². The molecule has 0 saturated heterocycles. The fourth-order valence-electron chi connectivity index (χ4n) is 3.02. The van der Waals surface area contributed by atoms with Gasteiger partial charge in [-0.2, -0.15) is 0 Å². The fraction of sp³-hybridized carbons (Fsp3) is 0.0870. The summed E-state index contributed by atoms with van der Waals surface area (Å²) >= 11 is 6.06. The minimum atomic E-state index is -1.03. The molecule has 0 unspecified atom stereocenters. The molecule has 1 amide bonds. The number of hydrogen-bond donors (Lipinski definition) is 1. The second-order valence-corrected chi connectivity index (χ2v) is 7.23. The van der Waals surface area contributed by atoms with Gasteiger partial charge in [-0.3, -0.25) is 14.2 Å². The van der Waals surface area contributed by atoms with E-state index in [-0.39, 0.29) is 18.7 Å². The first kappa shape index (κ1) is 22.0. The van der Waals surface area contributed by atoms with Crippen LogP contribution in [-0.4, -0.2) is 32.0 Å². The van der Waals surface area contributed by atoms with E-state index in [0.29, 0.717) is 27.2 Å². The second-order valence-electron chi connectivity index (χ2n) is 6.87. The number of fused-ring (bicyclic) bond motifs is 1. The minimum absolute atomic E-state index is 0.0204. The summed E-state index contributed by atoms with van der Waals surface area (Å²) in [6, 6.07) is 8.56. The highest BCUT2D eigenvalue weighted by Gasteiger charge is 2.13. The smallest absolute Gasteiger partial charge is 0.266 e. The van der Waals surface area contributed by atoms with Crippen molar-refractivity contribution in [1.82, 2.24) is 24.8 Å². The summed E-state index contributed by atoms with van der Waals surface area (Å²) in [5.74, 6) is 3.03. The zero-order valence-electron chi connectivity index (χ0n) is 16.8. The van der Waals surface area contributed by atoms with Crippen LogP contribution in [0.4, 0.5) is 8.78 Å². The van der Waals surface area contributed by atoms with Crippen molar-refractivity contribution in [1.29, 1.82) is 0 Å². The molecule has 33 heavy (non-hydrogen) atoms. The molecule has 0 aliphatic rings. The van der Waals surface area contributed by atoms with Crippen molar-refractivity contribution >= 4 is 28.4 Å². The van der Waals surface area contributed by atoms with E-state index in [1.165, 1.54) is 18.7 Å². The summed E-state index contributed by atoms with van der Waals surface area (Å²) in [5, 5.41) is 3.51. The lowest BCUT2D eigenvalue weighted by Gasteiger charge is -2.08. The normalized spacial score (nSPS) is 10.5. The fourth-order valence-corrected chi connectivity index (χ4v) is 3.22. The van der Waals surface area contributed by atoms with Gasteiger partial charge in [0.05, 0.1) is 24.9 Å². The van der Waals surface area contributed by atoms with Gasteiger partial charge in [0, 0.05) is 17.1 Å². The monoisotopic (exact) mass is 465 g/mol. The number of amides is 1. The van der Waals surface area contributed by atoms with Crippen LogP contribution in [0.3, 0.4) is 0 Å². The highest BCUT2D eigenvalue weighted by molar-refractivity contribution is 6.34. The van der Waals surface area contributed by atoms with Gasteiger partial charge in [-0.15, -0.1) is 0 Å². The van der Waals surface area contributed by atoms with Gasteiger partial charge in [-0.1, -0.05) is 29.5 Å². The molecular weight excluding hydrogens is 452 g/mol. The maximum atomic E-state index is 13.4. The Morgan fingerprint density at radius 2 is 1.97 bits per heavy atom. The molecule has 2 aromatic carbocycles. The van der Waals surface area contributed by atoms with Crippen molar-refractivity contribution in [3.05, 3.63) is 99.1 Å². The molecule has 4 rings (SSSR count). The number of rotatable bonds is 4. The first-order chi connectivity index (χ1) is 15.9. The molecule has 0 aliphatic carbocycles. The summed E-state index contributed by atoms with van der Waals surface area (Å²) in [5.41, 5.74) is 0.872. The van der Waals surface area contributed by atoms with Crippen LogP contribution in [0.2, 0.25) is 5.15 Å². The van der Waals surface area contributed by atoms with Crippen molar-refractivity contribution in [3.63, 3.8) is 0 Å². The predicted molar refractivity (Wildman–Crippen MR) is 118 cm³/mol. The Morgan fingerprint density at radius 1 is 1.12 bits per heavy atom. The lowest BCUT2D eigenvalue weighted by atomic mass is 10.1. The zero-order valence-corrected chi connectivity index (χ0v) is 17.6. The number of nitrogens with zero attached hydrogens (tertiary/aromatic N) is 4. The van der Waals surface area contributed by atoms with Gasteiger partial charge >= 0.3 is 0 Å². The van der Waals surface area contributed by atoms with Gasteiger partial charge in [0.15, 0.2) is 11.6 Å². The van der Waals surface area contributed by atoms with Crippen LogP contribution in [0.1, 0.15) is 21.5 Å². The van der Waals surface area contributed by atoms with E-state index in [2.05, 4.69) is 32.1 Å². The van der Waals surface area contributed by atoms with E-state index < -0.39 is 23.1 Å². The summed E-state index contributed by atoms with van der Waals surface area (Å²) in [7, 11) is 0. The van der Waals surface area contributed by atoms with Crippen LogP contribution >= 0.6 is 11.6 Å². The van der Waals surface area contributed by atoms with E-state index in [4.69, 9.17) is 11.6 Å². The summed E-state index contributed by atoms with van der Waals surface area (Å²) in [4.78, 5) is 37.0. The molecule has 0 spiro atoms. The number of carbonyl (C=O) groups excluding carboxylic acids is 1. The molecule has 4 aromatic rings. The van der Waals surface area contributed by atoms with Crippen LogP contribution in [-0.2, 0) is 6.54 Å². The lowest BCUT2D eigenvalue weighted by molar-refractivity contribution is 0.0956. The molecule has 0 saturated carbocycles. The van der Waals surface area contributed by atoms with Crippen LogP contribution in [0.25, 0.3) is 10.9 Å². The van der Waals surface area contributed by atoms with E-state index in [9.17, 15) is 18.4 Å². The molecule has 164 valence electrons. The summed E-state index contributed by atoms with van der Waals surface area (Å²) < 4.78 is 27.6. The maximum Gasteiger partial charge on any atom is 0.266 e. The summed E-state index contributed by atoms with van der Waals surface area (Å²) in [6.45, 7) is -0.0917. The van der Waals surface area contributed by atoms with Crippen LogP contribution in [0.5, 0.6) is 0 Å². The Labute approximate surface area is 191 Å². The van der Waals surface area contributed by atoms with Gasteiger partial charge < -0.3 is 5.32 Å². The molecule has 0 atom stereocenters. The van der Waals surface area contributed by atoms with Gasteiger partial charge in [-0.25, -0.2) is 23.7 Å². The van der Waals surface area contributed by atoms with Crippen LogP contribution < -0.4 is 10.9 Å². The summed E-state index contributed by atoms with van der Waals surface area (Å²) in [6.07, 6.45) is 3.73. The third-order valence-corrected chi connectivity index (χ3v) is 4.94. The van der Waals surface area contributed by atoms with E-state index in [0.717, 1.165) is 22.9 Å². The van der Waals surface area contributed by atoms with Gasteiger partial charge in [0.25, 0.3) is 11.5 Å².